The maximum atomic E-state index is 5.83. The van der Waals surface area contributed by atoms with E-state index in [1.165, 1.54) is 83.5 Å². The zero-order valence-corrected chi connectivity index (χ0v) is 13.8. The molecule has 1 heterocycles. The van der Waals surface area contributed by atoms with E-state index in [1.54, 1.807) is 0 Å². The molecule has 0 spiro atoms. The Morgan fingerprint density at radius 1 is 0.800 bits per heavy atom. The van der Waals surface area contributed by atoms with Gasteiger partial charge in [-0.1, -0.05) is 77.6 Å². The van der Waals surface area contributed by atoms with Crippen LogP contribution in [0.2, 0.25) is 0 Å². The molecular formula is C18H37NO. The van der Waals surface area contributed by atoms with Gasteiger partial charge in [-0.15, -0.1) is 0 Å². The summed E-state index contributed by atoms with van der Waals surface area (Å²) < 4.78 is 5.83. The lowest BCUT2D eigenvalue weighted by molar-refractivity contribution is 0.0641. The monoisotopic (exact) mass is 283 g/mol. The Morgan fingerprint density at radius 3 is 1.85 bits per heavy atom. The van der Waals surface area contributed by atoms with E-state index in [0.717, 1.165) is 19.7 Å². The van der Waals surface area contributed by atoms with Crippen molar-refractivity contribution < 1.29 is 4.74 Å². The van der Waals surface area contributed by atoms with Gasteiger partial charge < -0.3 is 10.1 Å². The Kier molecular flexibility index (Phi) is 12.5. The van der Waals surface area contributed by atoms with Gasteiger partial charge in [0.2, 0.25) is 0 Å². The van der Waals surface area contributed by atoms with Crippen LogP contribution >= 0.6 is 0 Å². The second kappa shape index (κ2) is 13.9. The summed E-state index contributed by atoms with van der Waals surface area (Å²) in [5.74, 6) is 0. The molecule has 0 aromatic heterocycles. The van der Waals surface area contributed by atoms with E-state index in [9.17, 15) is 0 Å². The molecule has 0 aliphatic carbocycles. The summed E-state index contributed by atoms with van der Waals surface area (Å²) in [7, 11) is 0. The highest BCUT2D eigenvalue weighted by molar-refractivity contribution is 4.70. The minimum absolute atomic E-state index is 0.503. The minimum Gasteiger partial charge on any atom is -0.377 e. The van der Waals surface area contributed by atoms with Crippen molar-refractivity contribution in [1.82, 2.24) is 5.32 Å². The predicted octanol–water partition coefficient (Wildman–Crippen LogP) is 5.07. The van der Waals surface area contributed by atoms with Crippen LogP contribution in [0.1, 0.15) is 90.4 Å². The first-order chi connectivity index (χ1) is 9.93. The van der Waals surface area contributed by atoms with Gasteiger partial charge in [-0.3, -0.25) is 0 Å². The van der Waals surface area contributed by atoms with E-state index in [1.807, 2.05) is 0 Å². The van der Waals surface area contributed by atoms with Gasteiger partial charge in [0.15, 0.2) is 0 Å². The Labute approximate surface area is 127 Å². The van der Waals surface area contributed by atoms with E-state index in [0.29, 0.717) is 6.10 Å². The summed E-state index contributed by atoms with van der Waals surface area (Å²) in [6.45, 7) is 5.47. The maximum absolute atomic E-state index is 5.83. The van der Waals surface area contributed by atoms with Gasteiger partial charge in [-0.2, -0.15) is 0 Å². The number of rotatable bonds is 14. The van der Waals surface area contributed by atoms with Crippen molar-refractivity contribution in [3.8, 4) is 0 Å². The SMILES string of the molecule is CCCCCCCCCCCCCCOC1CCNC1. The van der Waals surface area contributed by atoms with Crippen molar-refractivity contribution in [3.05, 3.63) is 0 Å². The zero-order chi connectivity index (χ0) is 14.3. The molecule has 1 fully saturated rings. The van der Waals surface area contributed by atoms with Crippen LogP contribution in [-0.2, 0) is 4.74 Å². The predicted molar refractivity (Wildman–Crippen MR) is 88.3 cm³/mol. The number of hydrogen-bond donors (Lipinski definition) is 1. The first kappa shape index (κ1) is 18.0. The van der Waals surface area contributed by atoms with Crippen LogP contribution in [0.15, 0.2) is 0 Å². The first-order valence-corrected chi connectivity index (χ1v) is 9.26. The molecule has 0 bridgehead atoms. The molecule has 1 rings (SSSR count). The van der Waals surface area contributed by atoms with Crippen molar-refractivity contribution in [2.45, 2.75) is 96.5 Å². The van der Waals surface area contributed by atoms with Gasteiger partial charge in [0.25, 0.3) is 0 Å². The van der Waals surface area contributed by atoms with Crippen molar-refractivity contribution in [2.24, 2.45) is 0 Å². The number of unbranched alkanes of at least 4 members (excludes halogenated alkanes) is 11. The van der Waals surface area contributed by atoms with Gasteiger partial charge >= 0.3 is 0 Å². The smallest absolute Gasteiger partial charge is 0.0711 e. The lowest BCUT2D eigenvalue weighted by Crippen LogP contribution is -2.17. The summed E-state index contributed by atoms with van der Waals surface area (Å²) >= 11 is 0. The molecule has 1 unspecified atom stereocenters. The fraction of sp³-hybridized carbons (Fsp3) is 1.00. The Hall–Kier alpha value is -0.0800. The normalized spacial score (nSPS) is 18.8. The molecule has 0 amide bonds. The summed E-state index contributed by atoms with van der Waals surface area (Å²) in [6, 6.07) is 0. The highest BCUT2D eigenvalue weighted by Crippen LogP contribution is 2.12. The molecule has 1 atom stereocenters. The summed E-state index contributed by atoms with van der Waals surface area (Å²) in [4.78, 5) is 0. The van der Waals surface area contributed by atoms with Crippen molar-refractivity contribution in [1.29, 1.82) is 0 Å². The molecule has 0 aromatic carbocycles. The molecule has 120 valence electrons. The van der Waals surface area contributed by atoms with Crippen LogP contribution in [-0.4, -0.2) is 25.8 Å². The van der Waals surface area contributed by atoms with Gasteiger partial charge in [-0.05, 0) is 19.4 Å². The van der Waals surface area contributed by atoms with E-state index in [4.69, 9.17) is 4.74 Å². The van der Waals surface area contributed by atoms with Crippen LogP contribution in [0, 0.1) is 0 Å². The summed E-state index contributed by atoms with van der Waals surface area (Å²) in [5.41, 5.74) is 0. The standard InChI is InChI=1S/C18H37NO/c1-2-3-4-5-6-7-8-9-10-11-12-13-16-20-18-14-15-19-17-18/h18-19H,2-17H2,1H3. The molecule has 0 radical (unpaired) electrons. The molecule has 1 aliphatic rings. The molecule has 0 aromatic rings. The molecule has 2 nitrogen and oxygen atoms in total. The van der Waals surface area contributed by atoms with E-state index in [2.05, 4.69) is 12.2 Å². The van der Waals surface area contributed by atoms with Crippen molar-refractivity contribution in [3.63, 3.8) is 0 Å². The summed E-state index contributed by atoms with van der Waals surface area (Å²) in [5, 5.41) is 3.34. The number of nitrogens with one attached hydrogen (secondary N) is 1. The number of hydrogen-bond acceptors (Lipinski definition) is 2. The Bertz CT molecular complexity index is 190. The quantitative estimate of drug-likeness (QED) is 0.450. The third kappa shape index (κ3) is 10.7. The van der Waals surface area contributed by atoms with Crippen molar-refractivity contribution in [2.75, 3.05) is 19.7 Å². The second-order valence-electron chi connectivity index (χ2n) is 6.37. The molecule has 1 aliphatic heterocycles. The average Bonchev–Trinajstić information content (AvgIpc) is 2.97. The minimum atomic E-state index is 0.503. The summed E-state index contributed by atoms with van der Waals surface area (Å²) in [6.07, 6.45) is 18.7. The van der Waals surface area contributed by atoms with Gasteiger partial charge in [0.1, 0.15) is 0 Å². The van der Waals surface area contributed by atoms with Crippen LogP contribution in [0.3, 0.4) is 0 Å². The average molecular weight is 283 g/mol. The first-order valence-electron chi connectivity index (χ1n) is 9.26. The van der Waals surface area contributed by atoms with E-state index in [-0.39, 0.29) is 0 Å². The lowest BCUT2D eigenvalue weighted by atomic mass is 10.1. The second-order valence-corrected chi connectivity index (χ2v) is 6.37. The van der Waals surface area contributed by atoms with Crippen LogP contribution < -0.4 is 5.32 Å². The zero-order valence-electron chi connectivity index (χ0n) is 13.8. The molecule has 1 saturated heterocycles. The third-order valence-electron chi connectivity index (χ3n) is 4.37. The fourth-order valence-electron chi connectivity index (χ4n) is 2.96. The Balaban J connectivity index is 1.66. The topological polar surface area (TPSA) is 21.3 Å². The molecule has 0 saturated carbocycles. The highest BCUT2D eigenvalue weighted by Gasteiger charge is 2.13. The largest absolute Gasteiger partial charge is 0.377 e. The van der Waals surface area contributed by atoms with Crippen LogP contribution in [0.4, 0.5) is 0 Å². The Morgan fingerprint density at radius 2 is 1.35 bits per heavy atom. The van der Waals surface area contributed by atoms with Crippen molar-refractivity contribution >= 4 is 0 Å². The van der Waals surface area contributed by atoms with E-state index >= 15 is 0 Å². The molecule has 20 heavy (non-hydrogen) atoms. The number of ether oxygens (including phenoxy) is 1. The molecule has 2 heteroatoms. The lowest BCUT2D eigenvalue weighted by Gasteiger charge is -2.09. The molecular weight excluding hydrogens is 246 g/mol. The highest BCUT2D eigenvalue weighted by atomic mass is 16.5. The fourth-order valence-corrected chi connectivity index (χ4v) is 2.96. The van der Waals surface area contributed by atoms with Gasteiger partial charge in [0.05, 0.1) is 6.10 Å². The van der Waals surface area contributed by atoms with Gasteiger partial charge in [-0.25, -0.2) is 0 Å². The maximum Gasteiger partial charge on any atom is 0.0711 e. The van der Waals surface area contributed by atoms with Crippen LogP contribution in [0.25, 0.3) is 0 Å². The van der Waals surface area contributed by atoms with E-state index < -0.39 is 0 Å². The van der Waals surface area contributed by atoms with Crippen LogP contribution in [0.5, 0.6) is 0 Å². The molecule has 1 N–H and O–H groups in total. The van der Waals surface area contributed by atoms with Gasteiger partial charge in [0, 0.05) is 13.2 Å². The third-order valence-corrected chi connectivity index (χ3v) is 4.37.